The van der Waals surface area contributed by atoms with Gasteiger partial charge in [-0.3, -0.25) is 4.79 Å². The average molecular weight is 390 g/mol. The van der Waals surface area contributed by atoms with Crippen molar-refractivity contribution >= 4 is 11.7 Å². The molecule has 1 aliphatic rings. The van der Waals surface area contributed by atoms with Gasteiger partial charge in [0.15, 0.2) is 5.82 Å². The normalized spacial score (nSPS) is 13.9. The van der Waals surface area contributed by atoms with Crippen LogP contribution < -0.4 is 5.32 Å². The predicted octanol–water partition coefficient (Wildman–Crippen LogP) is 4.52. The van der Waals surface area contributed by atoms with Gasteiger partial charge in [0.25, 0.3) is 5.91 Å². The maximum atomic E-state index is 14.0. The van der Waals surface area contributed by atoms with Crippen LogP contribution in [0.1, 0.15) is 35.3 Å². The molecule has 0 saturated carbocycles. The molecule has 5 nitrogen and oxygen atoms in total. The van der Waals surface area contributed by atoms with Gasteiger partial charge in [-0.25, -0.2) is 14.4 Å². The van der Waals surface area contributed by atoms with E-state index in [1.54, 1.807) is 24.3 Å². The zero-order valence-corrected chi connectivity index (χ0v) is 16.1. The highest BCUT2D eigenvalue weighted by Gasteiger charge is 2.21. The molecule has 4 rings (SSSR count). The Hall–Kier alpha value is -3.28. The number of aromatic nitrogens is 2. The summed E-state index contributed by atoms with van der Waals surface area (Å²) < 4.78 is 14.0. The number of halogens is 1. The van der Waals surface area contributed by atoms with Crippen LogP contribution in [0, 0.1) is 5.82 Å². The van der Waals surface area contributed by atoms with Crippen LogP contribution in [0.3, 0.4) is 0 Å². The lowest BCUT2D eigenvalue weighted by molar-refractivity contribution is 0.0718. The van der Waals surface area contributed by atoms with Crippen LogP contribution in [0.5, 0.6) is 0 Å². The Morgan fingerprint density at radius 2 is 1.69 bits per heavy atom. The van der Waals surface area contributed by atoms with Crippen molar-refractivity contribution in [2.75, 3.05) is 18.4 Å². The lowest BCUT2D eigenvalue weighted by atomic mass is 10.1. The molecule has 29 heavy (non-hydrogen) atoms. The van der Waals surface area contributed by atoms with Crippen molar-refractivity contribution in [2.45, 2.75) is 25.8 Å². The van der Waals surface area contributed by atoms with Crippen molar-refractivity contribution in [1.29, 1.82) is 0 Å². The second-order valence-corrected chi connectivity index (χ2v) is 7.13. The fraction of sp³-hybridized carbons (Fsp3) is 0.261. The number of benzene rings is 2. The van der Waals surface area contributed by atoms with Gasteiger partial charge in [0.05, 0.1) is 0 Å². The van der Waals surface area contributed by atoms with Gasteiger partial charge in [0.1, 0.15) is 17.3 Å². The molecule has 1 aliphatic heterocycles. The van der Waals surface area contributed by atoms with Crippen molar-refractivity contribution < 1.29 is 9.18 Å². The third-order valence-corrected chi connectivity index (χ3v) is 5.04. The van der Waals surface area contributed by atoms with E-state index in [2.05, 4.69) is 15.3 Å². The topological polar surface area (TPSA) is 58.1 Å². The summed E-state index contributed by atoms with van der Waals surface area (Å²) in [6.07, 6.45) is 3.18. The summed E-state index contributed by atoms with van der Waals surface area (Å²) >= 11 is 0. The molecule has 1 N–H and O–H groups in total. The Balaban J connectivity index is 1.64. The maximum absolute atomic E-state index is 14.0. The summed E-state index contributed by atoms with van der Waals surface area (Å²) in [5, 5.41) is 3.15. The number of carbonyl (C=O) groups excluding carboxylic acids is 1. The van der Waals surface area contributed by atoms with Crippen LogP contribution in [0.25, 0.3) is 11.4 Å². The smallest absolute Gasteiger partial charge is 0.272 e. The Kier molecular flexibility index (Phi) is 5.79. The van der Waals surface area contributed by atoms with Crippen molar-refractivity contribution in [3.63, 3.8) is 0 Å². The van der Waals surface area contributed by atoms with E-state index in [1.165, 1.54) is 6.07 Å². The fourth-order valence-corrected chi connectivity index (χ4v) is 3.45. The largest absolute Gasteiger partial charge is 0.366 e. The minimum atomic E-state index is -0.276. The van der Waals surface area contributed by atoms with E-state index in [4.69, 9.17) is 0 Å². The van der Waals surface area contributed by atoms with Crippen LogP contribution >= 0.6 is 0 Å². The van der Waals surface area contributed by atoms with E-state index in [0.717, 1.165) is 37.9 Å². The number of anilines is 1. The number of likely N-dealkylation sites (tertiary alicyclic amines) is 1. The number of rotatable bonds is 5. The van der Waals surface area contributed by atoms with Crippen molar-refractivity contribution in [3.05, 3.63) is 77.7 Å². The Bertz CT molecular complexity index is 987. The molecule has 0 radical (unpaired) electrons. The second-order valence-electron chi connectivity index (χ2n) is 7.13. The van der Waals surface area contributed by atoms with Crippen molar-refractivity contribution in [1.82, 2.24) is 14.9 Å². The highest BCUT2D eigenvalue weighted by Crippen LogP contribution is 2.21. The van der Waals surface area contributed by atoms with Gasteiger partial charge < -0.3 is 10.2 Å². The van der Waals surface area contributed by atoms with Crippen molar-refractivity contribution in [3.8, 4) is 11.4 Å². The molecule has 0 bridgehead atoms. The van der Waals surface area contributed by atoms with Crippen LogP contribution in [0.4, 0.5) is 10.2 Å². The molecular formula is C23H23FN4O. The SMILES string of the molecule is O=C(c1cc(NCc2ccccc2F)nc(-c2ccccc2)n1)N1CCCCC1. The van der Waals surface area contributed by atoms with E-state index in [1.807, 2.05) is 35.2 Å². The number of carbonyl (C=O) groups is 1. The molecule has 2 aromatic carbocycles. The standard InChI is InChI=1S/C23H23FN4O/c24-19-12-6-5-11-18(19)16-25-21-15-20(23(29)28-13-7-2-8-14-28)26-22(27-21)17-9-3-1-4-10-17/h1,3-6,9-12,15H,2,7-8,13-14,16H2,(H,25,26,27). The first-order valence-electron chi connectivity index (χ1n) is 9.92. The number of hydrogen-bond donors (Lipinski definition) is 1. The maximum Gasteiger partial charge on any atom is 0.272 e. The fourth-order valence-electron chi connectivity index (χ4n) is 3.45. The number of piperidine rings is 1. The zero-order chi connectivity index (χ0) is 20.1. The quantitative estimate of drug-likeness (QED) is 0.696. The van der Waals surface area contributed by atoms with Gasteiger partial charge in [-0.1, -0.05) is 48.5 Å². The molecule has 0 aliphatic carbocycles. The summed E-state index contributed by atoms with van der Waals surface area (Å²) in [5.74, 6) is 0.618. The third kappa shape index (κ3) is 4.59. The van der Waals surface area contributed by atoms with E-state index < -0.39 is 0 Å². The molecule has 0 atom stereocenters. The van der Waals surface area contributed by atoms with E-state index >= 15 is 0 Å². The number of nitrogens with one attached hydrogen (secondary N) is 1. The van der Waals surface area contributed by atoms with Gasteiger partial charge in [0.2, 0.25) is 0 Å². The molecule has 148 valence electrons. The highest BCUT2D eigenvalue weighted by molar-refractivity contribution is 5.93. The molecule has 1 aromatic heterocycles. The zero-order valence-electron chi connectivity index (χ0n) is 16.1. The van der Waals surface area contributed by atoms with Gasteiger partial charge in [0, 0.05) is 36.8 Å². The van der Waals surface area contributed by atoms with Crippen LogP contribution in [0.2, 0.25) is 0 Å². The summed E-state index contributed by atoms with van der Waals surface area (Å²) in [4.78, 5) is 24.0. The first-order valence-corrected chi connectivity index (χ1v) is 9.92. The van der Waals surface area contributed by atoms with E-state index in [0.29, 0.717) is 22.9 Å². The monoisotopic (exact) mass is 390 g/mol. The number of hydrogen-bond acceptors (Lipinski definition) is 4. The Morgan fingerprint density at radius 1 is 0.966 bits per heavy atom. The summed E-state index contributed by atoms with van der Waals surface area (Å²) in [5.41, 5.74) is 1.72. The molecule has 2 heterocycles. The molecule has 6 heteroatoms. The van der Waals surface area contributed by atoms with Gasteiger partial charge in [-0.05, 0) is 25.3 Å². The van der Waals surface area contributed by atoms with Crippen molar-refractivity contribution in [2.24, 2.45) is 0 Å². The Labute approximate surface area is 169 Å². The summed E-state index contributed by atoms with van der Waals surface area (Å²) in [6.45, 7) is 1.78. The lowest BCUT2D eigenvalue weighted by Crippen LogP contribution is -2.36. The second kappa shape index (κ2) is 8.82. The number of amides is 1. The van der Waals surface area contributed by atoms with Gasteiger partial charge in [-0.15, -0.1) is 0 Å². The summed E-state index contributed by atoms with van der Waals surface area (Å²) in [7, 11) is 0. The molecular weight excluding hydrogens is 367 g/mol. The Morgan fingerprint density at radius 3 is 2.45 bits per heavy atom. The average Bonchev–Trinajstić information content (AvgIpc) is 2.79. The molecule has 3 aromatic rings. The first-order chi connectivity index (χ1) is 14.2. The molecule has 0 unspecified atom stereocenters. The third-order valence-electron chi connectivity index (χ3n) is 5.04. The minimum Gasteiger partial charge on any atom is -0.366 e. The van der Waals surface area contributed by atoms with Crippen LogP contribution in [0.15, 0.2) is 60.7 Å². The number of nitrogens with zero attached hydrogens (tertiary/aromatic N) is 3. The molecule has 0 spiro atoms. The predicted molar refractivity (Wildman–Crippen MR) is 111 cm³/mol. The molecule has 1 amide bonds. The van der Waals surface area contributed by atoms with Gasteiger partial charge >= 0.3 is 0 Å². The lowest BCUT2D eigenvalue weighted by Gasteiger charge is -2.26. The summed E-state index contributed by atoms with van der Waals surface area (Å²) in [6, 6.07) is 17.8. The van der Waals surface area contributed by atoms with E-state index in [-0.39, 0.29) is 18.3 Å². The first kappa shape index (κ1) is 19.1. The van der Waals surface area contributed by atoms with Crippen LogP contribution in [-0.4, -0.2) is 33.9 Å². The van der Waals surface area contributed by atoms with E-state index in [9.17, 15) is 9.18 Å². The minimum absolute atomic E-state index is 0.0850. The van der Waals surface area contributed by atoms with Crippen LogP contribution in [-0.2, 0) is 6.54 Å². The molecule has 1 fully saturated rings. The highest BCUT2D eigenvalue weighted by atomic mass is 19.1. The molecule has 1 saturated heterocycles. The van der Waals surface area contributed by atoms with Gasteiger partial charge in [-0.2, -0.15) is 0 Å².